The van der Waals surface area contributed by atoms with Crippen LogP contribution in [0.3, 0.4) is 0 Å². The first-order valence-corrected chi connectivity index (χ1v) is 7.89. The van der Waals surface area contributed by atoms with Gasteiger partial charge in [0, 0.05) is 31.3 Å². The van der Waals surface area contributed by atoms with Crippen LogP contribution in [0.15, 0.2) is 33.8 Å². The Hall–Kier alpha value is -1.39. The topological polar surface area (TPSA) is 84.6 Å². The van der Waals surface area contributed by atoms with Crippen molar-refractivity contribution in [3.8, 4) is 11.4 Å². The van der Waals surface area contributed by atoms with E-state index in [2.05, 4.69) is 25.8 Å². The molecule has 7 nitrogen and oxygen atoms in total. The van der Waals surface area contributed by atoms with Gasteiger partial charge in [-0.2, -0.15) is 4.98 Å². The van der Waals surface area contributed by atoms with Crippen molar-refractivity contribution in [2.75, 3.05) is 20.7 Å². The van der Waals surface area contributed by atoms with Crippen molar-refractivity contribution in [2.45, 2.75) is 26.0 Å². The predicted octanol–water partition coefficient (Wildman–Crippen LogP) is 3.10. The van der Waals surface area contributed by atoms with Crippen LogP contribution < -0.4 is 10.6 Å². The number of nitrogens with zero attached hydrogens (tertiary/aromatic N) is 3. The molecule has 2 N–H and O–H groups in total. The maximum absolute atomic E-state index is 5.87. The minimum absolute atomic E-state index is 0. The second-order valence-electron chi connectivity index (χ2n) is 5.76. The molecular weight excluding hydrogens is 457 g/mol. The number of guanidine groups is 1. The number of ether oxygens (including phenoxy) is 1. The van der Waals surface area contributed by atoms with Crippen molar-refractivity contribution in [3.63, 3.8) is 0 Å². The first kappa shape index (κ1) is 21.7. The molecule has 0 amide bonds. The Morgan fingerprint density at radius 2 is 1.96 bits per heavy atom. The molecule has 138 valence electrons. The molecule has 0 aliphatic rings. The molecule has 25 heavy (non-hydrogen) atoms. The van der Waals surface area contributed by atoms with Gasteiger partial charge in [-0.05, 0) is 38.1 Å². The number of rotatable bonds is 6. The lowest BCUT2D eigenvalue weighted by atomic mass is 10.1. The van der Waals surface area contributed by atoms with Gasteiger partial charge in [0.05, 0.1) is 12.1 Å². The van der Waals surface area contributed by atoms with Crippen LogP contribution in [0.2, 0.25) is 5.02 Å². The first-order chi connectivity index (χ1) is 11.4. The van der Waals surface area contributed by atoms with Gasteiger partial charge in [0.15, 0.2) is 5.96 Å². The number of methoxy groups -OCH3 is 1. The molecule has 0 fully saturated rings. The van der Waals surface area contributed by atoms with Crippen molar-refractivity contribution in [1.82, 2.24) is 20.8 Å². The van der Waals surface area contributed by atoms with Crippen LogP contribution in [0.1, 0.15) is 19.7 Å². The molecule has 2 aromatic rings. The number of halogens is 2. The van der Waals surface area contributed by atoms with Gasteiger partial charge in [0.2, 0.25) is 11.7 Å². The maximum atomic E-state index is 5.87. The highest BCUT2D eigenvalue weighted by molar-refractivity contribution is 14.0. The van der Waals surface area contributed by atoms with Gasteiger partial charge in [0.25, 0.3) is 0 Å². The molecule has 0 bridgehead atoms. The van der Waals surface area contributed by atoms with Gasteiger partial charge >= 0.3 is 0 Å². The monoisotopic (exact) mass is 479 g/mol. The van der Waals surface area contributed by atoms with E-state index in [1.165, 1.54) is 0 Å². The van der Waals surface area contributed by atoms with E-state index in [0.717, 1.165) is 5.56 Å². The Kier molecular flexibility index (Phi) is 8.60. The van der Waals surface area contributed by atoms with Crippen molar-refractivity contribution in [3.05, 3.63) is 35.2 Å². The van der Waals surface area contributed by atoms with E-state index in [4.69, 9.17) is 20.9 Å². The average Bonchev–Trinajstić information content (AvgIpc) is 3.04. The molecule has 0 aliphatic heterocycles. The summed E-state index contributed by atoms with van der Waals surface area (Å²) in [4.78, 5) is 8.50. The largest absolute Gasteiger partial charge is 0.377 e. The van der Waals surface area contributed by atoms with Crippen molar-refractivity contribution in [2.24, 2.45) is 4.99 Å². The lowest BCUT2D eigenvalue weighted by Crippen LogP contribution is -2.45. The summed E-state index contributed by atoms with van der Waals surface area (Å²) < 4.78 is 10.6. The minimum atomic E-state index is -0.288. The predicted molar refractivity (Wildman–Crippen MR) is 109 cm³/mol. The van der Waals surface area contributed by atoms with E-state index in [1.54, 1.807) is 26.3 Å². The smallest absolute Gasteiger partial charge is 0.246 e. The molecule has 0 saturated carbocycles. The highest BCUT2D eigenvalue weighted by Crippen LogP contribution is 2.18. The Morgan fingerprint density at radius 1 is 1.28 bits per heavy atom. The van der Waals surface area contributed by atoms with E-state index < -0.39 is 0 Å². The molecule has 1 aromatic heterocycles. The zero-order chi connectivity index (χ0) is 17.6. The Morgan fingerprint density at radius 3 is 2.56 bits per heavy atom. The number of aliphatic imine (C=N–C) groups is 1. The van der Waals surface area contributed by atoms with Gasteiger partial charge in [-0.15, -0.1) is 24.0 Å². The normalized spacial score (nSPS) is 11.8. The second-order valence-corrected chi connectivity index (χ2v) is 6.20. The lowest BCUT2D eigenvalue weighted by Gasteiger charge is -2.24. The molecule has 0 saturated heterocycles. The summed E-state index contributed by atoms with van der Waals surface area (Å²) in [6, 6.07) is 7.26. The summed E-state index contributed by atoms with van der Waals surface area (Å²) in [6.45, 7) is 4.96. The van der Waals surface area contributed by atoms with Gasteiger partial charge in [-0.3, -0.25) is 4.99 Å². The summed E-state index contributed by atoms with van der Waals surface area (Å²) in [5.74, 6) is 1.62. The highest BCUT2D eigenvalue weighted by atomic mass is 127. The van der Waals surface area contributed by atoms with Gasteiger partial charge < -0.3 is 19.9 Å². The third kappa shape index (κ3) is 6.79. The number of nitrogens with one attached hydrogen (secondary N) is 2. The van der Waals surface area contributed by atoms with E-state index in [1.807, 2.05) is 26.0 Å². The molecule has 1 heterocycles. The van der Waals surface area contributed by atoms with Crippen molar-refractivity contribution < 1.29 is 9.26 Å². The summed E-state index contributed by atoms with van der Waals surface area (Å²) in [6.07, 6.45) is 0. The van der Waals surface area contributed by atoms with Gasteiger partial charge in [-0.1, -0.05) is 16.8 Å². The second kappa shape index (κ2) is 9.93. The van der Waals surface area contributed by atoms with Crippen LogP contribution in [-0.4, -0.2) is 42.4 Å². The fraction of sp³-hybridized carbons (Fsp3) is 0.438. The fourth-order valence-corrected chi connectivity index (χ4v) is 1.92. The Bertz CT molecular complexity index is 688. The van der Waals surface area contributed by atoms with Crippen LogP contribution in [0.25, 0.3) is 11.4 Å². The molecule has 0 radical (unpaired) electrons. The Balaban J connectivity index is 0.00000312. The zero-order valence-electron chi connectivity index (χ0n) is 14.7. The minimum Gasteiger partial charge on any atom is -0.377 e. The van der Waals surface area contributed by atoms with E-state index in [0.29, 0.717) is 35.8 Å². The van der Waals surface area contributed by atoms with Crippen LogP contribution in [0.5, 0.6) is 0 Å². The SMILES string of the molecule is CN=C(NCc1nc(-c2ccc(Cl)cc2)no1)NCC(C)(C)OC.I. The van der Waals surface area contributed by atoms with Crippen LogP contribution in [0.4, 0.5) is 0 Å². The summed E-state index contributed by atoms with van der Waals surface area (Å²) >= 11 is 5.87. The van der Waals surface area contributed by atoms with Crippen LogP contribution in [0, 0.1) is 0 Å². The highest BCUT2D eigenvalue weighted by Gasteiger charge is 2.16. The van der Waals surface area contributed by atoms with Crippen molar-refractivity contribution in [1.29, 1.82) is 0 Å². The number of aromatic nitrogens is 2. The quantitative estimate of drug-likeness (QED) is 0.376. The lowest BCUT2D eigenvalue weighted by molar-refractivity contribution is 0.0268. The molecule has 9 heteroatoms. The number of hydrogen-bond donors (Lipinski definition) is 2. The van der Waals surface area contributed by atoms with Gasteiger partial charge in [-0.25, -0.2) is 0 Å². The zero-order valence-corrected chi connectivity index (χ0v) is 17.8. The van der Waals surface area contributed by atoms with Crippen LogP contribution in [-0.2, 0) is 11.3 Å². The third-order valence-corrected chi connectivity index (χ3v) is 3.69. The van der Waals surface area contributed by atoms with E-state index >= 15 is 0 Å². The first-order valence-electron chi connectivity index (χ1n) is 7.52. The summed E-state index contributed by atoms with van der Waals surface area (Å²) in [5, 5.41) is 10.9. The van der Waals surface area contributed by atoms with Crippen LogP contribution >= 0.6 is 35.6 Å². The fourth-order valence-electron chi connectivity index (χ4n) is 1.79. The van der Waals surface area contributed by atoms with Crippen molar-refractivity contribution >= 4 is 41.5 Å². The summed E-state index contributed by atoms with van der Waals surface area (Å²) in [5.41, 5.74) is 0.558. The third-order valence-electron chi connectivity index (χ3n) is 3.44. The maximum Gasteiger partial charge on any atom is 0.246 e. The average molecular weight is 480 g/mol. The standard InChI is InChI=1S/C16H22ClN5O2.HI/c1-16(2,23-4)10-20-15(18-3)19-9-13-21-14(22-24-13)11-5-7-12(17)8-6-11;/h5-8H,9-10H2,1-4H3,(H2,18,19,20);1H. The number of benzene rings is 1. The molecule has 0 spiro atoms. The molecule has 0 aliphatic carbocycles. The molecule has 0 unspecified atom stereocenters. The molecule has 1 aromatic carbocycles. The van der Waals surface area contributed by atoms with E-state index in [9.17, 15) is 0 Å². The molecule has 2 rings (SSSR count). The molecule has 0 atom stereocenters. The van der Waals surface area contributed by atoms with Gasteiger partial charge in [0.1, 0.15) is 0 Å². The number of hydrogen-bond acceptors (Lipinski definition) is 5. The summed E-state index contributed by atoms with van der Waals surface area (Å²) in [7, 11) is 3.37. The Labute approximate surface area is 169 Å². The van der Waals surface area contributed by atoms with E-state index in [-0.39, 0.29) is 29.6 Å². The molecular formula is C16H23ClIN5O2.